The lowest BCUT2D eigenvalue weighted by Gasteiger charge is -2.23. The van der Waals surface area contributed by atoms with Crippen LogP contribution in [-0.2, 0) is 0 Å². The number of aromatic nitrogens is 1. The number of hydrogen-bond donors (Lipinski definition) is 0. The quantitative estimate of drug-likeness (QED) is 0.162. The first-order valence-corrected chi connectivity index (χ1v) is 22.5. The first-order valence-electron chi connectivity index (χ1n) is 22.5. The molecule has 2 atom stereocenters. The van der Waals surface area contributed by atoms with Gasteiger partial charge in [-0.2, -0.15) is 0 Å². The second-order valence-electron chi connectivity index (χ2n) is 17.4. The first-order chi connectivity index (χ1) is 32.2. The number of allylic oxidation sites excluding steroid dienone is 2. The highest BCUT2D eigenvalue weighted by atomic mass is 16.5. The van der Waals surface area contributed by atoms with E-state index in [2.05, 4.69) is 223 Å². The molecular weight excluding hydrogens is 791 g/mol. The van der Waals surface area contributed by atoms with Gasteiger partial charge < -0.3 is 13.7 Å². The van der Waals surface area contributed by atoms with Gasteiger partial charge >= 0.3 is 0 Å². The minimum Gasteiger partial charge on any atom is -0.484 e. The molecule has 2 unspecified atom stereocenters. The van der Waals surface area contributed by atoms with Gasteiger partial charge in [0, 0.05) is 49.9 Å². The molecule has 0 saturated carbocycles. The molecule has 0 radical (unpaired) electrons. The predicted molar refractivity (Wildman–Crippen MR) is 270 cm³/mol. The van der Waals surface area contributed by atoms with Crippen LogP contribution in [0.25, 0.3) is 110 Å². The Morgan fingerprint density at radius 2 is 1.02 bits per heavy atom. The number of hydrogen-bond acceptors (Lipinski definition) is 2. The van der Waals surface area contributed by atoms with Crippen LogP contribution in [0.5, 0.6) is 5.75 Å². The van der Waals surface area contributed by atoms with E-state index in [-0.39, 0.29) is 12.0 Å². The fourth-order valence-corrected chi connectivity index (χ4v) is 11.1. The number of furan rings is 1. The van der Waals surface area contributed by atoms with Crippen LogP contribution in [0.15, 0.2) is 229 Å². The highest BCUT2D eigenvalue weighted by Crippen LogP contribution is 2.48. The number of rotatable bonds is 5. The van der Waals surface area contributed by atoms with E-state index in [0.717, 1.165) is 61.1 Å². The van der Waals surface area contributed by atoms with Crippen molar-refractivity contribution in [2.75, 3.05) is 0 Å². The summed E-state index contributed by atoms with van der Waals surface area (Å²) in [6, 6.07) is 75.0. The van der Waals surface area contributed by atoms with Crippen LogP contribution in [0.1, 0.15) is 17.0 Å². The predicted octanol–water partition coefficient (Wildman–Crippen LogP) is 16.5. The fourth-order valence-electron chi connectivity index (χ4n) is 11.1. The molecule has 0 fully saturated rings. The van der Waals surface area contributed by atoms with Crippen LogP contribution in [-0.4, -0.2) is 10.7 Å². The topological polar surface area (TPSA) is 27.3 Å². The summed E-state index contributed by atoms with van der Waals surface area (Å²) >= 11 is 0. The molecule has 1 aliphatic heterocycles. The Labute approximate surface area is 375 Å². The molecule has 10 aromatic carbocycles. The molecule has 3 heteroatoms. The van der Waals surface area contributed by atoms with Crippen LogP contribution in [0.3, 0.4) is 0 Å². The summed E-state index contributed by atoms with van der Waals surface area (Å²) in [5.74, 6) is 1.14. The van der Waals surface area contributed by atoms with Crippen molar-refractivity contribution in [2.24, 2.45) is 0 Å². The molecule has 65 heavy (non-hydrogen) atoms. The van der Waals surface area contributed by atoms with E-state index < -0.39 is 0 Å². The second kappa shape index (κ2) is 14.1. The molecule has 0 bridgehead atoms. The summed E-state index contributed by atoms with van der Waals surface area (Å²) in [6.45, 7) is 0. The molecule has 12 aromatic rings. The van der Waals surface area contributed by atoms with E-state index in [0.29, 0.717) is 0 Å². The molecule has 3 heterocycles. The zero-order valence-electron chi connectivity index (χ0n) is 35.3. The number of ether oxygens (including phenoxy) is 1. The summed E-state index contributed by atoms with van der Waals surface area (Å²) in [5, 5.41) is 9.55. The molecule has 14 rings (SSSR count). The summed E-state index contributed by atoms with van der Waals surface area (Å²) in [7, 11) is 0. The van der Waals surface area contributed by atoms with Crippen LogP contribution >= 0.6 is 0 Å². The summed E-state index contributed by atoms with van der Waals surface area (Å²) in [4.78, 5) is 0. The number of fused-ring (bicyclic) bond motifs is 11. The zero-order valence-corrected chi connectivity index (χ0v) is 35.3. The van der Waals surface area contributed by atoms with Crippen LogP contribution in [0.4, 0.5) is 0 Å². The molecule has 0 amide bonds. The van der Waals surface area contributed by atoms with Gasteiger partial charge in [0.2, 0.25) is 0 Å². The van der Waals surface area contributed by atoms with E-state index in [4.69, 9.17) is 9.15 Å². The smallest absolute Gasteiger partial charge is 0.143 e. The molecule has 2 aromatic heterocycles. The maximum Gasteiger partial charge on any atom is 0.143 e. The summed E-state index contributed by atoms with van der Waals surface area (Å²) in [5.41, 5.74) is 15.8. The summed E-state index contributed by atoms with van der Waals surface area (Å²) < 4.78 is 15.8. The maximum atomic E-state index is 6.74. The van der Waals surface area contributed by atoms with Crippen molar-refractivity contribution >= 4 is 70.9 Å². The third kappa shape index (κ3) is 5.42. The number of benzene rings is 10. The first kappa shape index (κ1) is 36.1. The SMILES string of the molecule is C1=CC2c3ccccc3OC2C(c2ccc3c4ccc(-c5cccc6c5oc5ccccc56)cc4n(-c4ccc5c(-c6ccccc6)c6ccccc6c(-c6ccccc6)c5c4)c3c2)=C1. The standard InChI is InChI=1S/C62H39NO2/c1-3-15-38(16-4-1)59-49-21-7-8-22-50(49)60(39-17-5-2-6-18-39)54-37-42(31-34-51(54)59)63-55-35-40(43-23-13-25-52-47-19-9-11-27-57(47)64-61(43)52)29-32-45(55)46-33-30-41(36-56(46)63)44-24-14-26-53-48-20-10-12-28-58(48)65-62(44)53/h1-37,52,61H. The largest absolute Gasteiger partial charge is 0.484 e. The molecule has 0 saturated heterocycles. The molecule has 1 aliphatic carbocycles. The third-order valence-electron chi connectivity index (χ3n) is 14.0. The Morgan fingerprint density at radius 3 is 1.78 bits per heavy atom. The van der Waals surface area contributed by atoms with E-state index in [1.807, 2.05) is 6.07 Å². The van der Waals surface area contributed by atoms with Gasteiger partial charge in [-0.3, -0.25) is 0 Å². The van der Waals surface area contributed by atoms with Crippen molar-refractivity contribution in [3.63, 3.8) is 0 Å². The maximum absolute atomic E-state index is 6.74. The highest BCUT2D eigenvalue weighted by Gasteiger charge is 2.37. The lowest BCUT2D eigenvalue weighted by Crippen LogP contribution is -2.21. The number of para-hydroxylation sites is 3. The van der Waals surface area contributed by atoms with E-state index >= 15 is 0 Å². The lowest BCUT2D eigenvalue weighted by molar-refractivity contribution is 0.278. The van der Waals surface area contributed by atoms with Gasteiger partial charge in [-0.15, -0.1) is 0 Å². The highest BCUT2D eigenvalue weighted by molar-refractivity contribution is 6.22. The molecule has 0 spiro atoms. The van der Waals surface area contributed by atoms with E-state index in [1.54, 1.807) is 0 Å². The minimum atomic E-state index is -0.0950. The average molecular weight is 830 g/mol. The van der Waals surface area contributed by atoms with Gasteiger partial charge in [-0.05, 0) is 91.3 Å². The molecule has 3 nitrogen and oxygen atoms in total. The average Bonchev–Trinajstić information content (AvgIpc) is 4.05. The zero-order chi connectivity index (χ0) is 42.6. The van der Waals surface area contributed by atoms with Gasteiger partial charge in [0.25, 0.3) is 0 Å². The van der Waals surface area contributed by atoms with E-state index in [9.17, 15) is 0 Å². The van der Waals surface area contributed by atoms with Crippen molar-refractivity contribution in [1.29, 1.82) is 0 Å². The van der Waals surface area contributed by atoms with Crippen LogP contribution in [0, 0.1) is 0 Å². The Morgan fingerprint density at radius 1 is 0.415 bits per heavy atom. The van der Waals surface area contributed by atoms with E-state index in [1.165, 1.54) is 65.7 Å². The van der Waals surface area contributed by atoms with Crippen LogP contribution in [0.2, 0.25) is 0 Å². The van der Waals surface area contributed by atoms with Crippen molar-refractivity contribution in [3.8, 4) is 44.8 Å². The van der Waals surface area contributed by atoms with Gasteiger partial charge in [-0.25, -0.2) is 0 Å². The van der Waals surface area contributed by atoms with Crippen molar-refractivity contribution in [3.05, 3.63) is 236 Å². The Bertz CT molecular complexity index is 3980. The molecule has 304 valence electrons. The minimum absolute atomic E-state index is 0.0950. The van der Waals surface area contributed by atoms with Gasteiger partial charge in [0.1, 0.15) is 23.0 Å². The third-order valence-corrected chi connectivity index (χ3v) is 14.0. The molecule has 0 N–H and O–H groups in total. The van der Waals surface area contributed by atoms with Crippen molar-refractivity contribution in [1.82, 2.24) is 4.57 Å². The Hall–Kier alpha value is -8.40. The van der Waals surface area contributed by atoms with Crippen molar-refractivity contribution < 1.29 is 9.15 Å². The second-order valence-corrected chi connectivity index (χ2v) is 17.4. The number of nitrogens with zero attached hydrogens (tertiary/aromatic N) is 1. The van der Waals surface area contributed by atoms with Gasteiger partial charge in [-0.1, -0.05) is 188 Å². The molecule has 2 aliphatic rings. The van der Waals surface area contributed by atoms with Crippen molar-refractivity contribution in [2.45, 2.75) is 12.0 Å². The normalized spacial score (nSPS) is 15.5. The summed E-state index contributed by atoms with van der Waals surface area (Å²) in [6.07, 6.45) is 6.63. The van der Waals surface area contributed by atoms with Gasteiger partial charge in [0.05, 0.1) is 11.0 Å². The lowest BCUT2D eigenvalue weighted by atomic mass is 9.84. The Balaban J connectivity index is 1.05. The fraction of sp³-hybridized carbons (Fsp3) is 0.0323. The van der Waals surface area contributed by atoms with Gasteiger partial charge in [0.15, 0.2) is 0 Å². The Kier molecular flexibility index (Phi) is 7.81. The molecular formula is C62H39NO2. The van der Waals surface area contributed by atoms with Crippen LogP contribution < -0.4 is 4.74 Å². The monoisotopic (exact) mass is 829 g/mol.